The third-order valence-corrected chi connectivity index (χ3v) is 5.30. The SMILES string of the molecule is CCCCOc1cccc(C2c3c(-c4ccccc4O)n[nH]c3C(=O)N2CC)c1. The summed E-state index contributed by atoms with van der Waals surface area (Å²) in [7, 11) is 0. The Kier molecular flexibility index (Phi) is 5.25. The summed E-state index contributed by atoms with van der Waals surface area (Å²) in [4.78, 5) is 14.8. The predicted octanol–water partition coefficient (Wildman–Crippen LogP) is 4.53. The fraction of sp³-hybridized carbons (Fsp3) is 0.304. The zero-order valence-electron chi connectivity index (χ0n) is 16.7. The number of carbonyl (C=O) groups excluding carboxylic acids is 1. The van der Waals surface area contributed by atoms with Gasteiger partial charge in [0.25, 0.3) is 5.91 Å². The van der Waals surface area contributed by atoms with Crippen LogP contribution in [-0.4, -0.2) is 39.3 Å². The number of H-pyrrole nitrogens is 1. The molecule has 6 heteroatoms. The Balaban J connectivity index is 1.79. The van der Waals surface area contributed by atoms with Crippen LogP contribution in [-0.2, 0) is 0 Å². The normalized spacial score (nSPS) is 15.6. The zero-order valence-corrected chi connectivity index (χ0v) is 16.7. The number of phenols is 1. The highest BCUT2D eigenvalue weighted by atomic mass is 16.5. The first-order chi connectivity index (χ1) is 14.2. The number of carbonyl (C=O) groups is 1. The van der Waals surface area contributed by atoms with Crippen LogP contribution in [0.1, 0.15) is 54.3 Å². The summed E-state index contributed by atoms with van der Waals surface area (Å²) < 4.78 is 5.88. The number of nitrogens with zero attached hydrogens (tertiary/aromatic N) is 2. The highest BCUT2D eigenvalue weighted by Crippen LogP contribution is 2.44. The number of hydrogen-bond acceptors (Lipinski definition) is 4. The summed E-state index contributed by atoms with van der Waals surface area (Å²) in [6.45, 7) is 5.32. The molecule has 2 N–H and O–H groups in total. The highest BCUT2D eigenvalue weighted by molar-refractivity contribution is 6.00. The molecule has 1 aliphatic heterocycles. The molecular formula is C23H25N3O3. The van der Waals surface area contributed by atoms with E-state index in [2.05, 4.69) is 17.1 Å². The molecule has 0 aliphatic carbocycles. The molecular weight excluding hydrogens is 366 g/mol. The van der Waals surface area contributed by atoms with E-state index in [0.717, 1.165) is 29.7 Å². The Hall–Kier alpha value is -3.28. The molecule has 1 aromatic heterocycles. The van der Waals surface area contributed by atoms with Gasteiger partial charge >= 0.3 is 0 Å². The standard InChI is InChI=1S/C23H25N3O3/c1-3-5-13-29-16-10-8-9-15(14-16)22-19-20(17-11-6-7-12-18(17)27)24-25-21(19)23(28)26(22)4-2/h6-12,14,22,27H,3-5,13H2,1-2H3,(H,24,25). The van der Waals surface area contributed by atoms with Gasteiger partial charge in [0.15, 0.2) is 0 Å². The second-order valence-corrected chi connectivity index (χ2v) is 7.15. The van der Waals surface area contributed by atoms with Gasteiger partial charge in [-0.15, -0.1) is 0 Å². The van der Waals surface area contributed by atoms with E-state index in [1.807, 2.05) is 48.2 Å². The molecule has 0 bridgehead atoms. The van der Waals surface area contributed by atoms with Crippen molar-refractivity contribution in [2.24, 2.45) is 0 Å². The first-order valence-corrected chi connectivity index (χ1v) is 10.1. The van der Waals surface area contributed by atoms with E-state index in [4.69, 9.17) is 4.74 Å². The topological polar surface area (TPSA) is 78.5 Å². The molecule has 1 amide bonds. The lowest BCUT2D eigenvalue weighted by molar-refractivity contribution is 0.0753. The van der Waals surface area contributed by atoms with Crippen molar-refractivity contribution in [2.45, 2.75) is 32.7 Å². The minimum Gasteiger partial charge on any atom is -0.507 e. The molecule has 2 aromatic carbocycles. The van der Waals surface area contributed by atoms with Crippen LogP contribution < -0.4 is 4.74 Å². The fourth-order valence-electron chi connectivity index (χ4n) is 3.86. The summed E-state index contributed by atoms with van der Waals surface area (Å²) in [5, 5.41) is 17.6. The van der Waals surface area contributed by atoms with Crippen molar-refractivity contribution < 1.29 is 14.6 Å². The van der Waals surface area contributed by atoms with E-state index >= 15 is 0 Å². The van der Waals surface area contributed by atoms with Gasteiger partial charge in [-0.1, -0.05) is 37.6 Å². The second-order valence-electron chi connectivity index (χ2n) is 7.15. The van der Waals surface area contributed by atoms with Crippen LogP contribution in [0.4, 0.5) is 0 Å². The summed E-state index contributed by atoms with van der Waals surface area (Å²) in [5.41, 5.74) is 3.45. The van der Waals surface area contributed by atoms with Crippen molar-refractivity contribution in [1.29, 1.82) is 0 Å². The van der Waals surface area contributed by atoms with E-state index in [1.165, 1.54) is 0 Å². The average molecular weight is 391 g/mol. The van der Waals surface area contributed by atoms with Crippen LogP contribution in [0.3, 0.4) is 0 Å². The Morgan fingerprint density at radius 2 is 2.00 bits per heavy atom. The minimum atomic E-state index is -0.286. The minimum absolute atomic E-state index is 0.0843. The first-order valence-electron chi connectivity index (χ1n) is 10.1. The van der Waals surface area contributed by atoms with Gasteiger partial charge in [-0.3, -0.25) is 9.89 Å². The molecule has 6 nitrogen and oxygen atoms in total. The number of nitrogens with one attached hydrogen (secondary N) is 1. The van der Waals surface area contributed by atoms with Gasteiger partial charge < -0.3 is 14.7 Å². The number of hydrogen-bond donors (Lipinski definition) is 2. The van der Waals surface area contributed by atoms with Gasteiger partial charge in [-0.05, 0) is 43.2 Å². The molecule has 2 heterocycles. The average Bonchev–Trinajstić information content (AvgIpc) is 3.27. The molecule has 3 aromatic rings. The van der Waals surface area contributed by atoms with Crippen molar-refractivity contribution in [3.05, 3.63) is 65.4 Å². The molecule has 0 radical (unpaired) electrons. The van der Waals surface area contributed by atoms with E-state index in [-0.39, 0.29) is 17.7 Å². The van der Waals surface area contributed by atoms with Crippen molar-refractivity contribution in [3.63, 3.8) is 0 Å². The highest BCUT2D eigenvalue weighted by Gasteiger charge is 2.41. The smallest absolute Gasteiger partial charge is 0.273 e. The van der Waals surface area contributed by atoms with Crippen molar-refractivity contribution >= 4 is 5.91 Å². The van der Waals surface area contributed by atoms with Crippen molar-refractivity contribution in [1.82, 2.24) is 15.1 Å². The van der Waals surface area contributed by atoms with Gasteiger partial charge in [0, 0.05) is 17.7 Å². The number of para-hydroxylation sites is 1. The second kappa shape index (κ2) is 7.99. The first kappa shape index (κ1) is 19.1. The van der Waals surface area contributed by atoms with Gasteiger partial charge in [0.05, 0.1) is 12.6 Å². The number of unbranched alkanes of at least 4 members (excludes halogenated alkanes) is 1. The number of amides is 1. The van der Waals surface area contributed by atoms with Crippen LogP contribution >= 0.6 is 0 Å². The molecule has 4 rings (SSSR count). The molecule has 0 spiro atoms. The van der Waals surface area contributed by atoms with Crippen LogP contribution in [0.15, 0.2) is 48.5 Å². The van der Waals surface area contributed by atoms with Gasteiger partial charge in [-0.25, -0.2) is 0 Å². The molecule has 1 aliphatic rings. The maximum Gasteiger partial charge on any atom is 0.273 e. The van der Waals surface area contributed by atoms with Crippen LogP contribution in [0.5, 0.6) is 11.5 Å². The summed E-state index contributed by atoms with van der Waals surface area (Å²) in [5.74, 6) is 0.846. The lowest BCUT2D eigenvalue weighted by atomic mass is 9.95. The number of benzene rings is 2. The molecule has 150 valence electrons. The molecule has 1 atom stereocenters. The molecule has 29 heavy (non-hydrogen) atoms. The third kappa shape index (κ3) is 3.35. The summed E-state index contributed by atoms with van der Waals surface area (Å²) in [6, 6.07) is 14.7. The van der Waals surface area contributed by atoms with Crippen LogP contribution in [0.2, 0.25) is 0 Å². The zero-order chi connectivity index (χ0) is 20.4. The number of ether oxygens (including phenoxy) is 1. The maximum atomic E-state index is 13.0. The van der Waals surface area contributed by atoms with E-state index in [1.54, 1.807) is 12.1 Å². The maximum absolute atomic E-state index is 13.0. The lowest BCUT2D eigenvalue weighted by Gasteiger charge is -2.25. The number of aromatic hydroxyl groups is 1. The summed E-state index contributed by atoms with van der Waals surface area (Å²) >= 11 is 0. The Morgan fingerprint density at radius 3 is 2.76 bits per heavy atom. The fourth-order valence-corrected chi connectivity index (χ4v) is 3.86. The molecule has 0 saturated carbocycles. The van der Waals surface area contributed by atoms with Crippen molar-refractivity contribution in [2.75, 3.05) is 13.2 Å². The Labute approximate surface area is 170 Å². The number of phenolic OH excluding ortho intramolecular Hbond substituents is 1. The van der Waals surface area contributed by atoms with E-state index in [9.17, 15) is 9.90 Å². The number of aromatic nitrogens is 2. The monoisotopic (exact) mass is 391 g/mol. The van der Waals surface area contributed by atoms with Crippen LogP contribution in [0.25, 0.3) is 11.3 Å². The predicted molar refractivity (Wildman–Crippen MR) is 111 cm³/mol. The number of aromatic amines is 1. The summed E-state index contributed by atoms with van der Waals surface area (Å²) in [6.07, 6.45) is 2.07. The number of rotatable bonds is 7. The van der Waals surface area contributed by atoms with Gasteiger partial charge in [0.2, 0.25) is 0 Å². The Morgan fingerprint density at radius 1 is 1.17 bits per heavy atom. The van der Waals surface area contributed by atoms with E-state index in [0.29, 0.717) is 30.1 Å². The van der Waals surface area contributed by atoms with Gasteiger partial charge in [-0.2, -0.15) is 5.10 Å². The number of fused-ring (bicyclic) bond motifs is 1. The van der Waals surface area contributed by atoms with Crippen molar-refractivity contribution in [3.8, 4) is 22.8 Å². The third-order valence-electron chi connectivity index (χ3n) is 5.30. The quantitative estimate of drug-likeness (QED) is 0.580. The molecule has 1 unspecified atom stereocenters. The van der Waals surface area contributed by atoms with E-state index < -0.39 is 0 Å². The molecule has 0 saturated heterocycles. The lowest BCUT2D eigenvalue weighted by Crippen LogP contribution is -2.29. The van der Waals surface area contributed by atoms with Crippen LogP contribution in [0, 0.1) is 0 Å². The van der Waals surface area contributed by atoms with Gasteiger partial charge in [0.1, 0.15) is 22.9 Å². The largest absolute Gasteiger partial charge is 0.507 e. The molecule has 0 fully saturated rings. The Bertz CT molecular complexity index is 1030.